The SMILES string of the molecule is C/C=C1\C(=C/CC)NCC12CCN(CC(O)C1CCNCC1)CC2O. The molecule has 0 aliphatic carbocycles. The number of hydrogen-bond acceptors (Lipinski definition) is 5. The van der Waals surface area contributed by atoms with Gasteiger partial charge in [-0.3, -0.25) is 4.90 Å². The van der Waals surface area contributed by atoms with Crippen LogP contribution in [-0.4, -0.2) is 66.6 Å². The quantitative estimate of drug-likeness (QED) is 0.615. The molecule has 0 amide bonds. The van der Waals surface area contributed by atoms with Gasteiger partial charge in [0.25, 0.3) is 0 Å². The van der Waals surface area contributed by atoms with Crippen molar-refractivity contribution in [1.82, 2.24) is 15.5 Å². The maximum atomic E-state index is 11.0. The van der Waals surface area contributed by atoms with Crippen molar-refractivity contribution in [2.24, 2.45) is 11.3 Å². The summed E-state index contributed by atoms with van der Waals surface area (Å²) < 4.78 is 0. The van der Waals surface area contributed by atoms with Crippen LogP contribution in [0.3, 0.4) is 0 Å². The number of likely N-dealkylation sites (tertiary alicyclic amines) is 1. The first kappa shape index (κ1) is 18.9. The van der Waals surface area contributed by atoms with E-state index in [1.807, 2.05) is 0 Å². The fourth-order valence-corrected chi connectivity index (χ4v) is 4.90. The molecular formula is C20H35N3O2. The van der Waals surface area contributed by atoms with E-state index >= 15 is 0 Å². The van der Waals surface area contributed by atoms with Gasteiger partial charge in [-0.2, -0.15) is 0 Å². The van der Waals surface area contributed by atoms with Crippen LogP contribution in [0.4, 0.5) is 0 Å². The molecule has 0 aromatic heterocycles. The number of nitrogens with zero attached hydrogens (tertiary/aromatic N) is 1. The highest BCUT2D eigenvalue weighted by Gasteiger charge is 2.49. The Balaban J connectivity index is 1.61. The van der Waals surface area contributed by atoms with Crippen LogP contribution in [0.2, 0.25) is 0 Å². The van der Waals surface area contributed by atoms with Gasteiger partial charge in [0.2, 0.25) is 0 Å². The first-order chi connectivity index (χ1) is 12.1. The number of piperidine rings is 2. The van der Waals surface area contributed by atoms with Crippen molar-refractivity contribution in [2.75, 3.05) is 39.3 Å². The van der Waals surface area contributed by atoms with E-state index in [2.05, 4.69) is 41.5 Å². The van der Waals surface area contributed by atoms with Gasteiger partial charge in [-0.25, -0.2) is 0 Å². The molecule has 142 valence electrons. The van der Waals surface area contributed by atoms with Crippen molar-refractivity contribution in [1.29, 1.82) is 0 Å². The van der Waals surface area contributed by atoms with Crippen LogP contribution in [0.25, 0.3) is 0 Å². The Hall–Kier alpha value is -0.880. The van der Waals surface area contributed by atoms with Crippen LogP contribution >= 0.6 is 0 Å². The first-order valence-electron chi connectivity index (χ1n) is 10.0. The van der Waals surface area contributed by atoms with Crippen LogP contribution in [0.1, 0.15) is 39.5 Å². The number of hydrogen-bond donors (Lipinski definition) is 4. The average molecular weight is 350 g/mol. The number of allylic oxidation sites excluding steroid dienone is 3. The second-order valence-electron chi connectivity index (χ2n) is 7.92. The van der Waals surface area contributed by atoms with Gasteiger partial charge < -0.3 is 20.8 Å². The molecule has 0 saturated carbocycles. The van der Waals surface area contributed by atoms with Crippen molar-refractivity contribution >= 4 is 0 Å². The summed E-state index contributed by atoms with van der Waals surface area (Å²) in [7, 11) is 0. The van der Waals surface area contributed by atoms with Crippen LogP contribution in [0.5, 0.6) is 0 Å². The molecule has 3 heterocycles. The van der Waals surface area contributed by atoms with Crippen molar-refractivity contribution < 1.29 is 10.2 Å². The predicted octanol–water partition coefficient (Wildman–Crippen LogP) is 1.24. The number of rotatable bonds is 4. The Kier molecular flexibility index (Phi) is 6.21. The van der Waals surface area contributed by atoms with Crippen LogP contribution in [0.15, 0.2) is 23.4 Å². The van der Waals surface area contributed by atoms with Crippen molar-refractivity contribution in [3.63, 3.8) is 0 Å². The molecule has 0 aromatic rings. The number of aliphatic hydroxyl groups is 2. The van der Waals surface area contributed by atoms with Gasteiger partial charge in [-0.1, -0.05) is 19.1 Å². The first-order valence-corrected chi connectivity index (χ1v) is 10.0. The molecule has 3 aliphatic heterocycles. The minimum absolute atomic E-state index is 0.161. The standard InChI is InChI=1S/C20H35N3O2/c1-3-5-17-16(4-2)20(14-22-17)8-11-23(13-19(20)25)12-18(24)15-6-9-21-10-7-15/h4-5,15,18-19,21-22,24-25H,3,6-14H2,1-2H3/b16-4+,17-5+. The van der Waals surface area contributed by atoms with Gasteiger partial charge in [0.05, 0.1) is 12.2 Å². The molecule has 25 heavy (non-hydrogen) atoms. The van der Waals surface area contributed by atoms with E-state index in [1.54, 1.807) is 0 Å². The molecule has 0 bridgehead atoms. The highest BCUT2D eigenvalue weighted by molar-refractivity contribution is 5.42. The third-order valence-electron chi connectivity index (χ3n) is 6.43. The van der Waals surface area contributed by atoms with Crippen molar-refractivity contribution in [3.8, 4) is 0 Å². The number of nitrogens with one attached hydrogen (secondary N) is 2. The van der Waals surface area contributed by atoms with Gasteiger partial charge in [0.1, 0.15) is 0 Å². The van der Waals surface area contributed by atoms with Crippen molar-refractivity contribution in [3.05, 3.63) is 23.4 Å². The monoisotopic (exact) mass is 349 g/mol. The lowest BCUT2D eigenvalue weighted by atomic mass is 9.71. The Morgan fingerprint density at radius 1 is 1.36 bits per heavy atom. The summed E-state index contributed by atoms with van der Waals surface area (Å²) >= 11 is 0. The third-order valence-corrected chi connectivity index (χ3v) is 6.43. The zero-order valence-electron chi connectivity index (χ0n) is 15.8. The molecule has 5 heteroatoms. The van der Waals surface area contributed by atoms with Gasteiger partial charge in [-0.05, 0) is 63.7 Å². The maximum Gasteiger partial charge on any atom is 0.0781 e. The van der Waals surface area contributed by atoms with Crippen LogP contribution in [-0.2, 0) is 0 Å². The summed E-state index contributed by atoms with van der Waals surface area (Å²) in [6.07, 6.45) is 7.79. The minimum Gasteiger partial charge on any atom is -0.392 e. The largest absolute Gasteiger partial charge is 0.392 e. The summed E-state index contributed by atoms with van der Waals surface area (Å²) in [6.45, 7) is 9.35. The molecule has 1 spiro atoms. The molecule has 5 nitrogen and oxygen atoms in total. The van der Waals surface area contributed by atoms with E-state index in [0.717, 1.165) is 51.9 Å². The van der Waals surface area contributed by atoms with E-state index in [-0.39, 0.29) is 17.6 Å². The van der Waals surface area contributed by atoms with E-state index in [0.29, 0.717) is 19.0 Å². The summed E-state index contributed by atoms with van der Waals surface area (Å²) in [6, 6.07) is 0. The van der Waals surface area contributed by atoms with Crippen molar-refractivity contribution in [2.45, 2.75) is 51.7 Å². The fraction of sp³-hybridized carbons (Fsp3) is 0.800. The molecule has 3 rings (SSSR count). The summed E-state index contributed by atoms with van der Waals surface area (Å²) in [5.41, 5.74) is 2.32. The zero-order chi connectivity index (χ0) is 17.9. The molecule has 0 radical (unpaired) electrons. The van der Waals surface area contributed by atoms with E-state index in [9.17, 15) is 10.2 Å². The van der Waals surface area contributed by atoms with E-state index < -0.39 is 0 Å². The molecule has 3 saturated heterocycles. The molecule has 3 unspecified atom stereocenters. The molecule has 3 fully saturated rings. The summed E-state index contributed by atoms with van der Waals surface area (Å²) in [5, 5.41) is 28.5. The van der Waals surface area contributed by atoms with Gasteiger partial charge in [-0.15, -0.1) is 0 Å². The second kappa shape index (κ2) is 8.21. The highest BCUT2D eigenvalue weighted by Crippen LogP contribution is 2.45. The molecule has 4 N–H and O–H groups in total. The summed E-state index contributed by atoms with van der Waals surface area (Å²) in [4.78, 5) is 2.26. The maximum absolute atomic E-state index is 11.0. The van der Waals surface area contributed by atoms with E-state index in [1.165, 1.54) is 11.3 Å². The fourth-order valence-electron chi connectivity index (χ4n) is 4.90. The lowest BCUT2D eigenvalue weighted by Gasteiger charge is -2.44. The highest BCUT2D eigenvalue weighted by atomic mass is 16.3. The lowest BCUT2D eigenvalue weighted by molar-refractivity contribution is -0.0368. The topological polar surface area (TPSA) is 67.8 Å². The zero-order valence-corrected chi connectivity index (χ0v) is 15.8. The average Bonchev–Trinajstić information content (AvgIpc) is 2.98. The van der Waals surface area contributed by atoms with Gasteiger partial charge in [0.15, 0.2) is 0 Å². The summed E-state index contributed by atoms with van der Waals surface area (Å²) in [5.74, 6) is 0.396. The molecular weight excluding hydrogens is 314 g/mol. The van der Waals surface area contributed by atoms with Gasteiger partial charge in [0, 0.05) is 30.7 Å². The number of β-amino-alcohol motifs (C(OH)–C–C–N with tert-alkyl or cyclic N) is 2. The second-order valence-corrected chi connectivity index (χ2v) is 7.92. The normalized spacial score (nSPS) is 36.2. The molecule has 3 aliphatic rings. The smallest absolute Gasteiger partial charge is 0.0781 e. The lowest BCUT2D eigenvalue weighted by Crippen LogP contribution is -2.54. The van der Waals surface area contributed by atoms with Gasteiger partial charge >= 0.3 is 0 Å². The Morgan fingerprint density at radius 3 is 2.76 bits per heavy atom. The predicted molar refractivity (Wildman–Crippen MR) is 101 cm³/mol. The Bertz CT molecular complexity index is 513. The Morgan fingerprint density at radius 2 is 2.12 bits per heavy atom. The molecule has 0 aromatic carbocycles. The Labute approximate surface area is 152 Å². The molecule has 3 atom stereocenters. The van der Waals surface area contributed by atoms with Crippen LogP contribution in [0, 0.1) is 11.3 Å². The third kappa shape index (κ3) is 3.80. The number of aliphatic hydroxyl groups excluding tert-OH is 2. The minimum atomic E-state index is -0.386. The van der Waals surface area contributed by atoms with Crippen LogP contribution < -0.4 is 10.6 Å². The van der Waals surface area contributed by atoms with E-state index in [4.69, 9.17) is 0 Å².